The lowest BCUT2D eigenvalue weighted by Gasteiger charge is -2.30. The summed E-state index contributed by atoms with van der Waals surface area (Å²) in [4.78, 5) is 6.80. The van der Waals surface area contributed by atoms with E-state index < -0.39 is 10.0 Å². The summed E-state index contributed by atoms with van der Waals surface area (Å²) >= 11 is 0. The average Bonchev–Trinajstić information content (AvgIpc) is 2.59. The van der Waals surface area contributed by atoms with Gasteiger partial charge in [0.05, 0.1) is 11.4 Å². The number of rotatable bonds is 3. The average molecular weight is 281 g/mol. The summed E-state index contributed by atoms with van der Waals surface area (Å²) in [5.74, 6) is 0.436. The maximum Gasteiger partial charge on any atom is 0.263 e. The topological polar surface area (TPSA) is 61.8 Å². The van der Waals surface area contributed by atoms with E-state index in [0.29, 0.717) is 22.8 Å². The van der Waals surface area contributed by atoms with Crippen molar-refractivity contribution in [3.8, 4) is 0 Å². The van der Waals surface area contributed by atoms with Gasteiger partial charge in [-0.3, -0.25) is 9.71 Å². The van der Waals surface area contributed by atoms with E-state index in [1.54, 1.807) is 18.2 Å². The third-order valence-corrected chi connectivity index (χ3v) is 4.89. The molecule has 0 saturated heterocycles. The van der Waals surface area contributed by atoms with Crippen LogP contribution >= 0.6 is 0 Å². The molecule has 1 aliphatic heterocycles. The van der Waals surface area contributed by atoms with Gasteiger partial charge in [0.1, 0.15) is 5.84 Å². The van der Waals surface area contributed by atoms with Crippen LogP contribution in [0.2, 0.25) is 0 Å². The Morgan fingerprint density at radius 3 is 2.53 bits per heavy atom. The molecule has 1 aromatic carbocycles. The molecular formula is C13H19N3O2S. The van der Waals surface area contributed by atoms with E-state index in [9.17, 15) is 8.42 Å². The minimum Gasteiger partial charge on any atom is -0.302 e. The van der Waals surface area contributed by atoms with E-state index in [4.69, 9.17) is 0 Å². The standard InChI is InChI=1S/C13H19N3O2S/c1-13(2,16(3)4)9-14-12-10-7-5-6-8-11(10)19(17,18)15-12/h5-8H,9H2,1-4H3,(H,14,15). The molecule has 19 heavy (non-hydrogen) atoms. The zero-order valence-electron chi connectivity index (χ0n) is 11.6. The normalized spacial score (nSPS) is 19.5. The molecule has 1 aromatic rings. The quantitative estimate of drug-likeness (QED) is 0.901. The van der Waals surface area contributed by atoms with Crippen molar-refractivity contribution >= 4 is 15.9 Å². The Morgan fingerprint density at radius 2 is 1.89 bits per heavy atom. The molecule has 0 saturated carbocycles. The fourth-order valence-electron chi connectivity index (χ4n) is 1.67. The second-order valence-electron chi connectivity index (χ2n) is 5.47. The molecule has 1 N–H and O–H groups in total. The zero-order chi connectivity index (χ0) is 14.3. The highest BCUT2D eigenvalue weighted by atomic mass is 32.2. The fourth-order valence-corrected chi connectivity index (χ4v) is 2.92. The molecule has 0 aliphatic carbocycles. The molecular weight excluding hydrogens is 262 g/mol. The van der Waals surface area contributed by atoms with Crippen molar-refractivity contribution in [2.75, 3.05) is 20.6 Å². The Balaban J connectivity index is 2.35. The van der Waals surface area contributed by atoms with Gasteiger partial charge in [-0.2, -0.15) is 0 Å². The van der Waals surface area contributed by atoms with Crippen LogP contribution in [0.1, 0.15) is 19.4 Å². The summed E-state index contributed by atoms with van der Waals surface area (Å²) in [5, 5.41) is 0. The molecule has 104 valence electrons. The maximum absolute atomic E-state index is 11.9. The van der Waals surface area contributed by atoms with Gasteiger partial charge in [-0.05, 0) is 40.1 Å². The number of sulfonamides is 1. The Kier molecular flexibility index (Phi) is 3.40. The van der Waals surface area contributed by atoms with Crippen LogP contribution in [0.5, 0.6) is 0 Å². The lowest BCUT2D eigenvalue weighted by molar-refractivity contribution is 0.205. The molecule has 0 spiro atoms. The van der Waals surface area contributed by atoms with E-state index in [0.717, 1.165) is 0 Å². The predicted molar refractivity (Wildman–Crippen MR) is 75.9 cm³/mol. The molecule has 0 aromatic heterocycles. The molecule has 2 rings (SSSR count). The molecule has 0 fully saturated rings. The first-order valence-electron chi connectivity index (χ1n) is 6.08. The van der Waals surface area contributed by atoms with Crippen LogP contribution in [0.15, 0.2) is 34.2 Å². The summed E-state index contributed by atoms with van der Waals surface area (Å²) in [6.45, 7) is 4.64. The Morgan fingerprint density at radius 1 is 1.26 bits per heavy atom. The molecule has 0 atom stereocenters. The number of benzene rings is 1. The van der Waals surface area contributed by atoms with Crippen molar-refractivity contribution in [3.63, 3.8) is 0 Å². The van der Waals surface area contributed by atoms with Crippen LogP contribution in [-0.4, -0.2) is 45.3 Å². The number of nitrogens with zero attached hydrogens (tertiary/aromatic N) is 2. The molecule has 1 heterocycles. The van der Waals surface area contributed by atoms with Crippen LogP contribution in [-0.2, 0) is 10.0 Å². The zero-order valence-corrected chi connectivity index (χ0v) is 12.5. The highest BCUT2D eigenvalue weighted by Gasteiger charge is 2.31. The molecule has 6 heteroatoms. The van der Waals surface area contributed by atoms with Gasteiger partial charge >= 0.3 is 0 Å². The van der Waals surface area contributed by atoms with Gasteiger partial charge in [-0.25, -0.2) is 8.42 Å². The fraction of sp³-hybridized carbons (Fsp3) is 0.462. The van der Waals surface area contributed by atoms with Crippen LogP contribution in [0.4, 0.5) is 0 Å². The second-order valence-corrected chi connectivity index (χ2v) is 7.12. The number of likely N-dealkylation sites (N-methyl/N-ethyl adjacent to an activating group) is 1. The van der Waals surface area contributed by atoms with Gasteiger partial charge in [-0.15, -0.1) is 0 Å². The number of hydrogen-bond acceptors (Lipinski definition) is 4. The number of hydrogen-bond donors (Lipinski definition) is 1. The van der Waals surface area contributed by atoms with Gasteiger partial charge in [0.2, 0.25) is 0 Å². The van der Waals surface area contributed by atoms with Crippen molar-refractivity contribution in [1.29, 1.82) is 0 Å². The van der Waals surface area contributed by atoms with Gasteiger partial charge in [0, 0.05) is 11.1 Å². The van der Waals surface area contributed by atoms with Crippen molar-refractivity contribution in [1.82, 2.24) is 9.62 Å². The summed E-state index contributed by atoms with van der Waals surface area (Å²) in [6.07, 6.45) is 0. The smallest absolute Gasteiger partial charge is 0.263 e. The van der Waals surface area contributed by atoms with Crippen LogP contribution in [0.3, 0.4) is 0 Å². The summed E-state index contributed by atoms with van der Waals surface area (Å²) < 4.78 is 26.3. The predicted octanol–water partition coefficient (Wildman–Crippen LogP) is 1.07. The highest BCUT2D eigenvalue weighted by Crippen LogP contribution is 2.22. The molecule has 0 radical (unpaired) electrons. The van der Waals surface area contributed by atoms with E-state index in [-0.39, 0.29) is 5.54 Å². The molecule has 0 amide bonds. The molecule has 1 aliphatic rings. The van der Waals surface area contributed by atoms with E-state index in [2.05, 4.69) is 28.5 Å². The lowest BCUT2D eigenvalue weighted by atomic mass is 10.0. The number of amidine groups is 1. The van der Waals surface area contributed by atoms with Crippen molar-refractivity contribution in [2.45, 2.75) is 24.3 Å². The van der Waals surface area contributed by atoms with Crippen molar-refractivity contribution in [3.05, 3.63) is 29.8 Å². The Hall–Kier alpha value is -1.40. The molecule has 5 nitrogen and oxygen atoms in total. The first-order valence-corrected chi connectivity index (χ1v) is 7.56. The van der Waals surface area contributed by atoms with Crippen molar-refractivity contribution in [2.24, 2.45) is 4.99 Å². The third-order valence-electron chi connectivity index (χ3n) is 3.50. The Labute approximate surface area is 114 Å². The van der Waals surface area contributed by atoms with Gasteiger partial charge in [0.25, 0.3) is 10.0 Å². The Bertz CT molecular complexity index is 619. The summed E-state index contributed by atoms with van der Waals surface area (Å²) in [6, 6.07) is 6.89. The van der Waals surface area contributed by atoms with Gasteiger partial charge in [0.15, 0.2) is 0 Å². The number of fused-ring (bicyclic) bond motifs is 1. The van der Waals surface area contributed by atoms with Crippen LogP contribution in [0, 0.1) is 0 Å². The summed E-state index contributed by atoms with van der Waals surface area (Å²) in [7, 11) is 0.521. The van der Waals surface area contributed by atoms with Gasteiger partial charge in [-0.1, -0.05) is 12.1 Å². The largest absolute Gasteiger partial charge is 0.302 e. The highest BCUT2D eigenvalue weighted by molar-refractivity contribution is 7.90. The van der Waals surface area contributed by atoms with Crippen LogP contribution < -0.4 is 4.72 Å². The van der Waals surface area contributed by atoms with Crippen molar-refractivity contribution < 1.29 is 8.42 Å². The minimum atomic E-state index is -3.44. The van der Waals surface area contributed by atoms with E-state index >= 15 is 0 Å². The number of aliphatic imine (C=N–C) groups is 1. The summed E-state index contributed by atoms with van der Waals surface area (Å²) in [5.41, 5.74) is 0.521. The maximum atomic E-state index is 11.9. The monoisotopic (exact) mass is 281 g/mol. The first kappa shape index (κ1) is 14.0. The SMILES string of the molecule is CN(C)C(C)(C)CN=C1NS(=O)(=O)c2ccccc21. The van der Waals surface area contributed by atoms with Crippen LogP contribution in [0.25, 0.3) is 0 Å². The van der Waals surface area contributed by atoms with E-state index in [1.807, 2.05) is 20.2 Å². The van der Waals surface area contributed by atoms with Gasteiger partial charge < -0.3 is 4.90 Å². The second kappa shape index (κ2) is 4.61. The first-order chi connectivity index (χ1) is 8.74. The number of nitrogens with one attached hydrogen (secondary N) is 1. The molecule has 0 unspecified atom stereocenters. The minimum absolute atomic E-state index is 0.129. The van der Waals surface area contributed by atoms with E-state index in [1.165, 1.54) is 0 Å². The molecule has 0 bridgehead atoms. The lowest BCUT2D eigenvalue weighted by Crippen LogP contribution is -2.41. The third kappa shape index (κ3) is 2.64.